The number of piperidine rings is 1. The van der Waals surface area contributed by atoms with Crippen LogP contribution in [0.1, 0.15) is 51.0 Å². The van der Waals surface area contributed by atoms with Crippen molar-refractivity contribution >= 4 is 11.7 Å². The van der Waals surface area contributed by atoms with Crippen molar-refractivity contribution in [2.24, 2.45) is 5.92 Å². The highest BCUT2D eigenvalue weighted by atomic mass is 16.2. The number of nitrogens with zero attached hydrogens (tertiary/aromatic N) is 3. The molecule has 1 unspecified atom stereocenters. The molecule has 0 aliphatic carbocycles. The van der Waals surface area contributed by atoms with E-state index in [0.29, 0.717) is 11.6 Å². The number of hydrogen-bond acceptors (Lipinski definition) is 4. The maximum Gasteiger partial charge on any atom is 0.270 e. The van der Waals surface area contributed by atoms with E-state index in [2.05, 4.69) is 27.1 Å². The molecule has 1 aromatic heterocycles. The molecule has 1 aliphatic heterocycles. The van der Waals surface area contributed by atoms with Gasteiger partial charge in [0.15, 0.2) is 0 Å². The van der Waals surface area contributed by atoms with E-state index >= 15 is 0 Å². The molecule has 0 aromatic carbocycles. The van der Waals surface area contributed by atoms with Crippen LogP contribution in [0, 0.1) is 5.92 Å². The van der Waals surface area contributed by atoms with Crippen LogP contribution < -0.4 is 10.2 Å². The number of aromatic nitrogens is 2. The fraction of sp³-hybridized carbons (Fsp3) is 0.667. The summed E-state index contributed by atoms with van der Waals surface area (Å²) in [5, 5.41) is 2.93. The molecular weight excluding hydrogens is 252 g/mol. The molecule has 2 rings (SSSR count). The molecule has 1 atom stereocenters. The van der Waals surface area contributed by atoms with Gasteiger partial charge in [0.1, 0.15) is 17.8 Å². The minimum absolute atomic E-state index is 0.147. The molecule has 0 bridgehead atoms. The number of anilines is 1. The zero-order valence-corrected chi connectivity index (χ0v) is 12.8. The highest BCUT2D eigenvalue weighted by molar-refractivity contribution is 5.93. The molecule has 1 aromatic rings. The molecule has 0 spiro atoms. The van der Waals surface area contributed by atoms with Gasteiger partial charge < -0.3 is 10.2 Å². The zero-order chi connectivity index (χ0) is 14.8. The number of carbonyl (C=O) groups excluding carboxylic acids is 1. The lowest BCUT2D eigenvalue weighted by Crippen LogP contribution is -2.41. The molecule has 0 saturated carbocycles. The molecule has 1 fully saturated rings. The van der Waals surface area contributed by atoms with E-state index in [1.54, 1.807) is 6.07 Å². The smallest absolute Gasteiger partial charge is 0.270 e. The van der Waals surface area contributed by atoms with Gasteiger partial charge in [0.25, 0.3) is 5.91 Å². The van der Waals surface area contributed by atoms with Crippen LogP contribution in [0.25, 0.3) is 0 Å². The van der Waals surface area contributed by atoms with Crippen LogP contribution in [0.15, 0.2) is 12.4 Å². The third kappa shape index (κ3) is 3.92. The summed E-state index contributed by atoms with van der Waals surface area (Å²) in [6, 6.07) is 1.79. The highest BCUT2D eigenvalue weighted by Crippen LogP contribution is 2.21. The molecule has 5 nitrogen and oxygen atoms in total. The second-order valence-corrected chi connectivity index (χ2v) is 6.66. The van der Waals surface area contributed by atoms with Gasteiger partial charge in [-0.15, -0.1) is 0 Å². The van der Waals surface area contributed by atoms with Crippen LogP contribution in [0.2, 0.25) is 0 Å². The Balaban J connectivity index is 2.13. The second-order valence-electron chi connectivity index (χ2n) is 6.66. The summed E-state index contributed by atoms with van der Waals surface area (Å²) in [6.45, 7) is 10.1. The van der Waals surface area contributed by atoms with E-state index < -0.39 is 0 Å². The van der Waals surface area contributed by atoms with Gasteiger partial charge in [-0.05, 0) is 39.5 Å². The molecule has 1 aliphatic rings. The Labute approximate surface area is 120 Å². The topological polar surface area (TPSA) is 58.1 Å². The third-order valence-electron chi connectivity index (χ3n) is 3.35. The standard InChI is InChI=1S/C15H24N4O/c1-11-6-5-7-19(9-11)13-8-12(16-10-17-13)14(20)18-15(2,3)4/h8,10-11H,5-7,9H2,1-4H3,(H,18,20). The second kappa shape index (κ2) is 5.77. The maximum atomic E-state index is 12.1. The van der Waals surface area contributed by atoms with Gasteiger partial charge >= 0.3 is 0 Å². The molecule has 1 amide bonds. The fourth-order valence-electron chi connectivity index (χ4n) is 2.45. The minimum atomic E-state index is -0.262. The van der Waals surface area contributed by atoms with Gasteiger partial charge in [0, 0.05) is 24.7 Å². The van der Waals surface area contributed by atoms with Gasteiger partial charge in [0.2, 0.25) is 0 Å². The lowest BCUT2D eigenvalue weighted by atomic mass is 10.0. The van der Waals surface area contributed by atoms with Crippen molar-refractivity contribution in [1.29, 1.82) is 0 Å². The minimum Gasteiger partial charge on any atom is -0.356 e. The summed E-state index contributed by atoms with van der Waals surface area (Å²) in [4.78, 5) is 22.8. The van der Waals surface area contributed by atoms with Crippen molar-refractivity contribution in [2.45, 2.75) is 46.1 Å². The third-order valence-corrected chi connectivity index (χ3v) is 3.35. The van der Waals surface area contributed by atoms with Crippen molar-refractivity contribution in [1.82, 2.24) is 15.3 Å². The summed E-state index contributed by atoms with van der Waals surface area (Å²) in [6.07, 6.45) is 3.92. The summed E-state index contributed by atoms with van der Waals surface area (Å²) >= 11 is 0. The Morgan fingerprint density at radius 1 is 1.40 bits per heavy atom. The highest BCUT2D eigenvalue weighted by Gasteiger charge is 2.20. The van der Waals surface area contributed by atoms with Crippen molar-refractivity contribution < 1.29 is 4.79 Å². The Morgan fingerprint density at radius 2 is 2.15 bits per heavy atom. The first-order valence-electron chi connectivity index (χ1n) is 7.24. The largest absolute Gasteiger partial charge is 0.356 e. The first-order valence-corrected chi connectivity index (χ1v) is 7.24. The lowest BCUT2D eigenvalue weighted by Gasteiger charge is -2.31. The Morgan fingerprint density at radius 3 is 2.80 bits per heavy atom. The fourth-order valence-corrected chi connectivity index (χ4v) is 2.45. The number of nitrogens with one attached hydrogen (secondary N) is 1. The first-order chi connectivity index (χ1) is 9.35. The van der Waals surface area contributed by atoms with Gasteiger partial charge in [-0.25, -0.2) is 9.97 Å². The van der Waals surface area contributed by atoms with Crippen LogP contribution in [0.4, 0.5) is 5.82 Å². The van der Waals surface area contributed by atoms with E-state index in [-0.39, 0.29) is 11.4 Å². The molecule has 2 heterocycles. The molecule has 1 N–H and O–H groups in total. The monoisotopic (exact) mass is 276 g/mol. The summed E-state index contributed by atoms with van der Waals surface area (Å²) in [5.41, 5.74) is 0.171. The van der Waals surface area contributed by atoms with Crippen LogP contribution in [0.5, 0.6) is 0 Å². The lowest BCUT2D eigenvalue weighted by molar-refractivity contribution is 0.0914. The summed E-state index contributed by atoms with van der Waals surface area (Å²) in [5.74, 6) is 1.38. The van der Waals surface area contributed by atoms with E-state index in [0.717, 1.165) is 18.9 Å². The first kappa shape index (κ1) is 14.8. The van der Waals surface area contributed by atoms with Crippen molar-refractivity contribution in [3.8, 4) is 0 Å². The van der Waals surface area contributed by atoms with Gasteiger partial charge in [-0.1, -0.05) is 6.92 Å². The van der Waals surface area contributed by atoms with E-state index in [9.17, 15) is 4.79 Å². The van der Waals surface area contributed by atoms with Gasteiger partial charge in [-0.3, -0.25) is 4.79 Å². The van der Waals surface area contributed by atoms with Crippen LogP contribution in [-0.4, -0.2) is 34.5 Å². The zero-order valence-electron chi connectivity index (χ0n) is 12.8. The Kier molecular flexibility index (Phi) is 4.26. The molecule has 1 saturated heterocycles. The van der Waals surface area contributed by atoms with E-state index in [4.69, 9.17) is 0 Å². The van der Waals surface area contributed by atoms with Crippen molar-refractivity contribution in [3.05, 3.63) is 18.1 Å². The average molecular weight is 276 g/mol. The van der Waals surface area contributed by atoms with Crippen LogP contribution in [-0.2, 0) is 0 Å². The summed E-state index contributed by atoms with van der Waals surface area (Å²) in [7, 11) is 0. The quantitative estimate of drug-likeness (QED) is 0.900. The molecule has 0 radical (unpaired) electrons. The Hall–Kier alpha value is -1.65. The number of carbonyl (C=O) groups is 1. The Bertz CT molecular complexity index is 481. The molecule has 5 heteroatoms. The SMILES string of the molecule is CC1CCCN(c2cc(C(=O)NC(C)(C)C)ncn2)C1. The molecule has 20 heavy (non-hydrogen) atoms. The molecule has 110 valence electrons. The van der Waals surface area contributed by atoms with Crippen molar-refractivity contribution in [3.63, 3.8) is 0 Å². The maximum absolute atomic E-state index is 12.1. The predicted molar refractivity (Wildman–Crippen MR) is 79.9 cm³/mol. The predicted octanol–water partition coefficient (Wildman–Crippen LogP) is 2.24. The van der Waals surface area contributed by atoms with Gasteiger partial charge in [0.05, 0.1) is 0 Å². The number of amides is 1. The number of hydrogen-bond donors (Lipinski definition) is 1. The number of rotatable bonds is 2. The van der Waals surface area contributed by atoms with E-state index in [1.165, 1.54) is 19.2 Å². The average Bonchev–Trinajstić information content (AvgIpc) is 2.37. The molecular formula is C15H24N4O. The van der Waals surface area contributed by atoms with E-state index in [1.807, 2.05) is 20.8 Å². The van der Waals surface area contributed by atoms with Crippen LogP contribution in [0.3, 0.4) is 0 Å². The van der Waals surface area contributed by atoms with Gasteiger partial charge in [-0.2, -0.15) is 0 Å². The summed E-state index contributed by atoms with van der Waals surface area (Å²) < 4.78 is 0. The normalized spacial score (nSPS) is 19.8. The van der Waals surface area contributed by atoms with Crippen LogP contribution >= 0.6 is 0 Å². The van der Waals surface area contributed by atoms with Crippen molar-refractivity contribution in [2.75, 3.05) is 18.0 Å².